The lowest BCUT2D eigenvalue weighted by Crippen LogP contribution is -2.35. The number of rotatable bonds is 6. The molecule has 7 nitrogen and oxygen atoms in total. The molecule has 4 rings (SSSR count). The number of hydrogen-bond acceptors (Lipinski definition) is 5. The molecule has 1 unspecified atom stereocenters. The maximum Gasteiger partial charge on any atom is 0.251 e. The minimum absolute atomic E-state index is 0.151. The highest BCUT2D eigenvalue weighted by Gasteiger charge is 2.21. The number of ether oxygens (including phenoxy) is 2. The van der Waals surface area contributed by atoms with Gasteiger partial charge in [-0.25, -0.2) is 0 Å². The Morgan fingerprint density at radius 2 is 1.90 bits per heavy atom. The third kappa shape index (κ3) is 5.22. The van der Waals surface area contributed by atoms with E-state index in [1.165, 1.54) is 12.8 Å². The first-order valence-corrected chi connectivity index (χ1v) is 10.9. The van der Waals surface area contributed by atoms with Crippen LogP contribution in [0.3, 0.4) is 0 Å². The molecule has 0 aliphatic carbocycles. The van der Waals surface area contributed by atoms with Gasteiger partial charge in [-0.05, 0) is 50.1 Å². The number of fused-ring (bicyclic) bond motifs is 1. The molecule has 2 amide bonds. The smallest absolute Gasteiger partial charge is 0.251 e. The van der Waals surface area contributed by atoms with Crippen LogP contribution < -0.4 is 25.0 Å². The van der Waals surface area contributed by atoms with Crippen molar-refractivity contribution in [3.63, 3.8) is 0 Å². The fraction of sp³-hybridized carbons (Fsp3) is 0.391. The first-order valence-electron chi connectivity index (χ1n) is 10.5. The lowest BCUT2D eigenvalue weighted by atomic mass is 10.1. The Balaban J connectivity index is 1.33. The molecule has 2 aliphatic heterocycles. The number of carbonyl (C=O) groups is 2. The third-order valence-electron chi connectivity index (χ3n) is 5.33. The van der Waals surface area contributed by atoms with Crippen LogP contribution in [-0.4, -0.2) is 44.2 Å². The first kappa shape index (κ1) is 21.3. The summed E-state index contributed by atoms with van der Waals surface area (Å²) in [6.45, 7) is 4.71. The Morgan fingerprint density at radius 3 is 2.71 bits per heavy atom. The van der Waals surface area contributed by atoms with Gasteiger partial charge in [0.05, 0.1) is 5.02 Å². The number of nitrogens with one attached hydrogen (secondary N) is 2. The summed E-state index contributed by atoms with van der Waals surface area (Å²) in [6.07, 6.45) is 2.54. The van der Waals surface area contributed by atoms with E-state index in [1.54, 1.807) is 19.1 Å². The molecule has 1 fully saturated rings. The number of benzene rings is 2. The van der Waals surface area contributed by atoms with E-state index in [4.69, 9.17) is 21.1 Å². The van der Waals surface area contributed by atoms with Crippen LogP contribution in [-0.2, 0) is 4.79 Å². The number of nitrogens with zero attached hydrogens (tertiary/aromatic N) is 1. The highest BCUT2D eigenvalue weighted by Crippen LogP contribution is 2.38. The summed E-state index contributed by atoms with van der Waals surface area (Å²) in [4.78, 5) is 27.4. The zero-order valence-corrected chi connectivity index (χ0v) is 18.2. The van der Waals surface area contributed by atoms with Crippen molar-refractivity contribution in [1.82, 2.24) is 5.32 Å². The van der Waals surface area contributed by atoms with E-state index in [9.17, 15) is 9.59 Å². The van der Waals surface area contributed by atoms with Gasteiger partial charge in [-0.1, -0.05) is 17.7 Å². The van der Waals surface area contributed by atoms with E-state index >= 15 is 0 Å². The molecule has 164 valence electrons. The van der Waals surface area contributed by atoms with Crippen molar-refractivity contribution in [2.45, 2.75) is 32.2 Å². The fourth-order valence-electron chi connectivity index (χ4n) is 3.85. The van der Waals surface area contributed by atoms with E-state index in [-0.39, 0.29) is 24.3 Å². The molecule has 0 saturated carbocycles. The van der Waals surface area contributed by atoms with E-state index in [0.29, 0.717) is 35.3 Å². The van der Waals surface area contributed by atoms with Gasteiger partial charge >= 0.3 is 0 Å². The maximum absolute atomic E-state index is 12.6. The standard InChI is InChI=1S/C23H26ClN3O4/c1-15(25-23(29)16-12-19(24)22-20(13-16)30-9-10-31-22)11-21(28)26-17-5-4-6-18(14-17)27-7-2-3-8-27/h4-6,12-15H,2-3,7-11H2,1H3,(H,25,29)(H,26,28). The van der Waals surface area contributed by atoms with Crippen molar-refractivity contribution in [3.05, 3.63) is 47.0 Å². The van der Waals surface area contributed by atoms with Gasteiger partial charge in [-0.15, -0.1) is 0 Å². The van der Waals surface area contributed by atoms with Crippen LogP contribution in [0, 0.1) is 0 Å². The van der Waals surface area contributed by atoms with Crippen LogP contribution in [0.25, 0.3) is 0 Å². The second kappa shape index (κ2) is 9.47. The van der Waals surface area contributed by atoms with E-state index in [2.05, 4.69) is 21.6 Å². The van der Waals surface area contributed by atoms with Crippen LogP contribution in [0.15, 0.2) is 36.4 Å². The summed E-state index contributed by atoms with van der Waals surface area (Å²) in [5, 5.41) is 6.09. The van der Waals surface area contributed by atoms with Gasteiger partial charge in [-0.2, -0.15) is 0 Å². The average molecular weight is 444 g/mol. The lowest BCUT2D eigenvalue weighted by molar-refractivity contribution is -0.116. The second-order valence-electron chi connectivity index (χ2n) is 7.85. The fourth-order valence-corrected chi connectivity index (χ4v) is 4.11. The Labute approximate surface area is 186 Å². The third-order valence-corrected chi connectivity index (χ3v) is 5.61. The molecule has 2 heterocycles. The highest BCUT2D eigenvalue weighted by molar-refractivity contribution is 6.32. The zero-order valence-electron chi connectivity index (χ0n) is 17.4. The van der Waals surface area contributed by atoms with Gasteiger partial charge in [0.1, 0.15) is 13.2 Å². The highest BCUT2D eigenvalue weighted by atomic mass is 35.5. The summed E-state index contributed by atoms with van der Waals surface area (Å²) in [5.74, 6) is 0.419. The van der Waals surface area contributed by atoms with Crippen LogP contribution >= 0.6 is 11.6 Å². The van der Waals surface area contributed by atoms with Crippen LogP contribution in [0.1, 0.15) is 36.5 Å². The molecule has 2 N–H and O–H groups in total. The first-order chi connectivity index (χ1) is 15.0. The minimum Gasteiger partial charge on any atom is -0.486 e. The number of anilines is 2. The van der Waals surface area contributed by atoms with Crippen LogP contribution in [0.5, 0.6) is 11.5 Å². The predicted octanol–water partition coefficient (Wildman–Crippen LogP) is 3.86. The SMILES string of the molecule is CC(CC(=O)Nc1cccc(N2CCCC2)c1)NC(=O)c1cc(Cl)c2c(c1)OCCO2. The van der Waals surface area contributed by atoms with Gasteiger partial charge in [0.15, 0.2) is 11.5 Å². The largest absolute Gasteiger partial charge is 0.486 e. The van der Waals surface area contributed by atoms with Crippen molar-refractivity contribution >= 4 is 34.8 Å². The second-order valence-corrected chi connectivity index (χ2v) is 8.26. The molecule has 2 aliphatic rings. The molecule has 2 aromatic rings. The summed E-state index contributed by atoms with van der Waals surface area (Å²) >= 11 is 6.21. The van der Waals surface area contributed by atoms with Crippen molar-refractivity contribution in [2.24, 2.45) is 0 Å². The number of amides is 2. The summed E-state index contributed by atoms with van der Waals surface area (Å²) < 4.78 is 11.0. The van der Waals surface area contributed by atoms with Gasteiger partial charge < -0.3 is 25.0 Å². The lowest BCUT2D eigenvalue weighted by Gasteiger charge is -2.21. The molecule has 8 heteroatoms. The molecule has 0 bridgehead atoms. The molecule has 1 atom stereocenters. The van der Waals surface area contributed by atoms with Crippen LogP contribution in [0.2, 0.25) is 5.02 Å². The average Bonchev–Trinajstić information content (AvgIpc) is 3.28. The summed E-state index contributed by atoms with van der Waals surface area (Å²) in [7, 11) is 0. The Kier molecular flexibility index (Phi) is 6.51. The van der Waals surface area contributed by atoms with Crippen molar-refractivity contribution in [1.29, 1.82) is 0 Å². The van der Waals surface area contributed by atoms with E-state index in [0.717, 1.165) is 24.5 Å². The molecular weight excluding hydrogens is 418 g/mol. The molecular formula is C23H26ClN3O4. The van der Waals surface area contributed by atoms with Gasteiger partial charge in [0.2, 0.25) is 5.91 Å². The van der Waals surface area contributed by atoms with Crippen molar-refractivity contribution in [3.8, 4) is 11.5 Å². The van der Waals surface area contributed by atoms with Gasteiger partial charge in [0.25, 0.3) is 5.91 Å². The molecule has 2 aromatic carbocycles. The predicted molar refractivity (Wildman–Crippen MR) is 121 cm³/mol. The molecule has 0 radical (unpaired) electrons. The normalized spacial score (nSPS) is 16.0. The molecule has 31 heavy (non-hydrogen) atoms. The van der Waals surface area contributed by atoms with Crippen molar-refractivity contribution in [2.75, 3.05) is 36.5 Å². The van der Waals surface area contributed by atoms with Crippen molar-refractivity contribution < 1.29 is 19.1 Å². The summed E-state index contributed by atoms with van der Waals surface area (Å²) in [6, 6.07) is 10.7. The zero-order chi connectivity index (χ0) is 21.8. The summed E-state index contributed by atoms with van der Waals surface area (Å²) in [5.41, 5.74) is 2.23. The van der Waals surface area contributed by atoms with E-state index in [1.807, 2.05) is 18.2 Å². The number of halogens is 1. The number of hydrogen-bond donors (Lipinski definition) is 2. The molecule has 0 spiro atoms. The Morgan fingerprint density at radius 1 is 1.13 bits per heavy atom. The Hall–Kier alpha value is -2.93. The quantitative estimate of drug-likeness (QED) is 0.708. The minimum atomic E-state index is -0.360. The van der Waals surface area contributed by atoms with Gasteiger partial charge in [0, 0.05) is 42.5 Å². The molecule has 1 saturated heterocycles. The maximum atomic E-state index is 12.6. The van der Waals surface area contributed by atoms with Gasteiger partial charge in [-0.3, -0.25) is 9.59 Å². The van der Waals surface area contributed by atoms with Crippen LogP contribution in [0.4, 0.5) is 11.4 Å². The number of carbonyl (C=O) groups excluding carboxylic acids is 2. The topological polar surface area (TPSA) is 79.9 Å². The molecule has 0 aromatic heterocycles. The Bertz CT molecular complexity index is 975. The monoisotopic (exact) mass is 443 g/mol. The van der Waals surface area contributed by atoms with E-state index < -0.39 is 0 Å².